The van der Waals surface area contributed by atoms with E-state index in [2.05, 4.69) is 15.0 Å². The van der Waals surface area contributed by atoms with Crippen LogP contribution in [0.25, 0.3) is 0 Å². The van der Waals surface area contributed by atoms with Crippen molar-refractivity contribution in [3.8, 4) is 0 Å². The first-order valence-electron chi connectivity index (χ1n) is 9.53. The van der Waals surface area contributed by atoms with Gasteiger partial charge in [0, 0.05) is 32.4 Å². The third kappa shape index (κ3) is 5.84. The van der Waals surface area contributed by atoms with E-state index in [0.717, 1.165) is 26.2 Å². The summed E-state index contributed by atoms with van der Waals surface area (Å²) < 4.78 is 10.4. The molecule has 1 amide bonds. The predicted octanol–water partition coefficient (Wildman–Crippen LogP) is 0.0285. The minimum atomic E-state index is -0.995. The van der Waals surface area contributed by atoms with Crippen LogP contribution in [0.2, 0.25) is 0 Å². The lowest BCUT2D eigenvalue weighted by atomic mass is 10.3. The fourth-order valence-electron chi connectivity index (χ4n) is 2.91. The zero-order valence-corrected chi connectivity index (χ0v) is 16.4. The minimum absolute atomic E-state index is 0.0824. The number of carboxylic acids is 1. The van der Waals surface area contributed by atoms with E-state index in [1.54, 1.807) is 6.07 Å². The molecular weight excluding hydrogens is 392 g/mol. The quantitative estimate of drug-likeness (QED) is 0.700. The molecule has 4 rings (SSSR count). The summed E-state index contributed by atoms with van der Waals surface area (Å²) in [6.07, 6.45) is 1.54. The molecule has 0 bridgehead atoms. The van der Waals surface area contributed by atoms with Crippen molar-refractivity contribution < 1.29 is 24.2 Å². The van der Waals surface area contributed by atoms with E-state index in [1.165, 1.54) is 18.3 Å². The fraction of sp³-hybridized carbons (Fsp3) is 0.421. The number of ether oxygens (including phenoxy) is 2. The van der Waals surface area contributed by atoms with Gasteiger partial charge < -0.3 is 30.1 Å². The molecule has 2 aliphatic heterocycles. The summed E-state index contributed by atoms with van der Waals surface area (Å²) in [5, 5.41) is 8.80. The average molecular weight is 416 g/mol. The van der Waals surface area contributed by atoms with Crippen LogP contribution >= 0.6 is 0 Å². The Morgan fingerprint density at radius 2 is 1.53 bits per heavy atom. The van der Waals surface area contributed by atoms with Gasteiger partial charge in [0.1, 0.15) is 11.5 Å². The molecule has 0 aliphatic carbocycles. The molecule has 0 spiro atoms. The lowest BCUT2D eigenvalue weighted by molar-refractivity contribution is 0.0690. The maximum Gasteiger partial charge on any atom is 0.354 e. The summed E-state index contributed by atoms with van der Waals surface area (Å²) in [6.45, 7) is 5.64. The zero-order valence-electron chi connectivity index (χ0n) is 16.4. The second-order valence-electron chi connectivity index (χ2n) is 6.49. The van der Waals surface area contributed by atoms with Crippen LogP contribution in [0.15, 0.2) is 30.5 Å². The van der Waals surface area contributed by atoms with Gasteiger partial charge in [-0.25, -0.2) is 19.7 Å². The van der Waals surface area contributed by atoms with E-state index in [4.69, 9.17) is 20.3 Å². The molecule has 11 heteroatoms. The second kappa shape index (κ2) is 10.5. The van der Waals surface area contributed by atoms with Crippen LogP contribution in [0.5, 0.6) is 0 Å². The third-order valence-corrected chi connectivity index (χ3v) is 4.48. The molecule has 2 aromatic rings. The number of rotatable bonds is 4. The summed E-state index contributed by atoms with van der Waals surface area (Å²) in [5.74, 6) is -0.287. The Balaban J connectivity index is 0.000000171. The number of nitrogens with two attached hydrogens (primary N) is 1. The van der Waals surface area contributed by atoms with Crippen LogP contribution in [0.4, 0.5) is 11.8 Å². The van der Waals surface area contributed by atoms with E-state index in [-0.39, 0.29) is 11.4 Å². The monoisotopic (exact) mass is 416 g/mol. The Bertz CT molecular complexity index is 796. The smallest absolute Gasteiger partial charge is 0.354 e. The fourth-order valence-corrected chi connectivity index (χ4v) is 2.91. The van der Waals surface area contributed by atoms with Gasteiger partial charge in [0.2, 0.25) is 5.95 Å². The van der Waals surface area contributed by atoms with E-state index in [1.807, 2.05) is 15.9 Å². The molecule has 2 saturated heterocycles. The van der Waals surface area contributed by atoms with Crippen molar-refractivity contribution in [1.82, 2.24) is 15.0 Å². The van der Waals surface area contributed by atoms with Crippen LogP contribution in [0.1, 0.15) is 21.0 Å². The molecule has 0 saturated carbocycles. The molecule has 2 fully saturated rings. The summed E-state index contributed by atoms with van der Waals surface area (Å²) in [4.78, 5) is 37.9. The largest absolute Gasteiger partial charge is 0.477 e. The number of morpholine rings is 2. The van der Waals surface area contributed by atoms with Gasteiger partial charge in [-0.05, 0) is 18.2 Å². The lowest BCUT2D eigenvalue weighted by Gasteiger charge is -2.27. The molecule has 0 radical (unpaired) electrons. The van der Waals surface area contributed by atoms with Crippen LogP contribution in [-0.4, -0.2) is 84.5 Å². The number of aromatic nitrogens is 3. The van der Waals surface area contributed by atoms with Crippen LogP contribution < -0.4 is 15.5 Å². The molecule has 4 heterocycles. The Morgan fingerprint density at radius 3 is 2.13 bits per heavy atom. The SMILES string of the molecule is NC(=O)c1ccnc(N2CCOCC2)n1.O=C(O)c1cccc(N2CCOCC2)n1. The number of nitrogens with zero attached hydrogens (tertiary/aromatic N) is 5. The topological polar surface area (TPSA) is 144 Å². The first-order valence-corrected chi connectivity index (χ1v) is 9.53. The molecule has 2 aromatic heterocycles. The number of amides is 1. The van der Waals surface area contributed by atoms with Gasteiger partial charge >= 0.3 is 5.97 Å². The highest BCUT2D eigenvalue weighted by molar-refractivity contribution is 5.90. The van der Waals surface area contributed by atoms with Crippen molar-refractivity contribution in [2.24, 2.45) is 5.73 Å². The maximum absolute atomic E-state index is 10.9. The van der Waals surface area contributed by atoms with Gasteiger partial charge in [0.25, 0.3) is 5.91 Å². The summed E-state index contributed by atoms with van der Waals surface area (Å²) in [5.41, 5.74) is 5.46. The Kier molecular flexibility index (Phi) is 7.46. The molecule has 30 heavy (non-hydrogen) atoms. The number of primary amides is 1. The number of hydrogen-bond acceptors (Lipinski definition) is 9. The Morgan fingerprint density at radius 1 is 0.900 bits per heavy atom. The van der Waals surface area contributed by atoms with Crippen molar-refractivity contribution in [1.29, 1.82) is 0 Å². The number of carboxylic acid groups (broad SMARTS) is 1. The Labute approximate surface area is 173 Å². The van der Waals surface area contributed by atoms with Gasteiger partial charge in [-0.3, -0.25) is 4.79 Å². The van der Waals surface area contributed by atoms with Crippen molar-refractivity contribution in [2.45, 2.75) is 0 Å². The maximum atomic E-state index is 10.9. The molecule has 11 nitrogen and oxygen atoms in total. The molecule has 2 aliphatic rings. The normalized spacial score (nSPS) is 16.4. The predicted molar refractivity (Wildman–Crippen MR) is 108 cm³/mol. The zero-order chi connectivity index (χ0) is 21.3. The van der Waals surface area contributed by atoms with Crippen LogP contribution in [0.3, 0.4) is 0 Å². The highest BCUT2D eigenvalue weighted by Crippen LogP contribution is 2.13. The number of carbonyl (C=O) groups is 2. The van der Waals surface area contributed by atoms with E-state index < -0.39 is 11.9 Å². The number of aromatic carboxylic acids is 1. The Hall–Kier alpha value is -3.31. The molecular formula is C19H24N6O5. The molecule has 0 atom stereocenters. The van der Waals surface area contributed by atoms with Gasteiger partial charge in [-0.2, -0.15) is 0 Å². The third-order valence-electron chi connectivity index (χ3n) is 4.48. The average Bonchev–Trinajstić information content (AvgIpc) is 2.81. The highest BCUT2D eigenvalue weighted by atomic mass is 16.5. The summed E-state index contributed by atoms with van der Waals surface area (Å²) in [6, 6.07) is 6.53. The minimum Gasteiger partial charge on any atom is -0.477 e. The van der Waals surface area contributed by atoms with Crippen LogP contribution in [-0.2, 0) is 9.47 Å². The first kappa shape index (κ1) is 21.4. The van der Waals surface area contributed by atoms with Crippen molar-refractivity contribution >= 4 is 23.6 Å². The van der Waals surface area contributed by atoms with Gasteiger partial charge in [0.05, 0.1) is 26.4 Å². The van der Waals surface area contributed by atoms with Crippen molar-refractivity contribution in [2.75, 3.05) is 62.4 Å². The van der Waals surface area contributed by atoms with Crippen molar-refractivity contribution in [3.63, 3.8) is 0 Å². The highest BCUT2D eigenvalue weighted by Gasteiger charge is 2.15. The van der Waals surface area contributed by atoms with Crippen LogP contribution in [0, 0.1) is 0 Å². The molecule has 0 aromatic carbocycles. The number of anilines is 2. The molecule has 160 valence electrons. The number of pyridine rings is 1. The van der Waals surface area contributed by atoms with Gasteiger partial charge in [-0.1, -0.05) is 6.07 Å². The standard InChI is InChI=1S/C10H12N2O3.C9H12N4O2/c13-10(14)8-2-1-3-9(11-8)12-4-6-15-7-5-12;10-8(14)7-1-2-11-9(12-7)13-3-5-15-6-4-13/h1-3H,4-7H2,(H,13,14);1-2H,3-6H2,(H2,10,14). The number of carbonyl (C=O) groups excluding carboxylic acids is 1. The van der Waals surface area contributed by atoms with E-state index in [0.29, 0.717) is 38.2 Å². The first-order chi connectivity index (χ1) is 14.5. The molecule has 3 N–H and O–H groups in total. The van der Waals surface area contributed by atoms with Gasteiger partial charge in [0.15, 0.2) is 5.69 Å². The van der Waals surface area contributed by atoms with Gasteiger partial charge in [-0.15, -0.1) is 0 Å². The van der Waals surface area contributed by atoms with E-state index >= 15 is 0 Å². The summed E-state index contributed by atoms with van der Waals surface area (Å²) >= 11 is 0. The summed E-state index contributed by atoms with van der Waals surface area (Å²) in [7, 11) is 0. The lowest BCUT2D eigenvalue weighted by Crippen LogP contribution is -2.37. The molecule has 0 unspecified atom stereocenters. The van der Waals surface area contributed by atoms with Crippen molar-refractivity contribution in [3.05, 3.63) is 41.9 Å². The van der Waals surface area contributed by atoms with E-state index in [9.17, 15) is 9.59 Å². The second-order valence-corrected chi connectivity index (χ2v) is 6.49. The number of hydrogen-bond donors (Lipinski definition) is 2.